The largest absolute Gasteiger partial charge is 0.496 e. The lowest BCUT2D eigenvalue weighted by Gasteiger charge is -2.06. The van der Waals surface area contributed by atoms with Crippen molar-refractivity contribution in [3.63, 3.8) is 0 Å². The van der Waals surface area contributed by atoms with Gasteiger partial charge in [0.25, 0.3) is 0 Å². The minimum absolute atomic E-state index is 0.0517. The van der Waals surface area contributed by atoms with E-state index in [0.29, 0.717) is 4.88 Å². The van der Waals surface area contributed by atoms with E-state index in [1.165, 1.54) is 18.4 Å². The fourth-order valence-electron chi connectivity index (χ4n) is 2.00. The normalized spacial score (nSPS) is 12.2. The van der Waals surface area contributed by atoms with Crippen LogP contribution >= 0.6 is 27.3 Å². The Kier molecular flexibility index (Phi) is 5.00. The first-order chi connectivity index (χ1) is 9.96. The van der Waals surface area contributed by atoms with Gasteiger partial charge >= 0.3 is 5.97 Å². The summed E-state index contributed by atoms with van der Waals surface area (Å²) in [5.74, 6) is -0.130. The van der Waals surface area contributed by atoms with Gasteiger partial charge in [-0.3, -0.25) is 9.59 Å². The van der Waals surface area contributed by atoms with Crippen molar-refractivity contribution in [2.24, 2.45) is 5.92 Å². The molecule has 4 nitrogen and oxygen atoms in total. The Morgan fingerprint density at radius 3 is 2.62 bits per heavy atom. The molecule has 0 saturated carbocycles. The van der Waals surface area contributed by atoms with Crippen LogP contribution < -0.4 is 4.74 Å². The van der Waals surface area contributed by atoms with Gasteiger partial charge < -0.3 is 9.47 Å². The highest BCUT2D eigenvalue weighted by atomic mass is 79.9. The van der Waals surface area contributed by atoms with Crippen molar-refractivity contribution in [1.29, 1.82) is 0 Å². The smallest absolute Gasteiger partial charge is 0.308 e. The van der Waals surface area contributed by atoms with Gasteiger partial charge in [0.1, 0.15) is 5.75 Å². The Labute approximate surface area is 135 Å². The van der Waals surface area contributed by atoms with E-state index >= 15 is 0 Å². The van der Waals surface area contributed by atoms with Crippen molar-refractivity contribution < 1.29 is 19.1 Å². The maximum Gasteiger partial charge on any atom is 0.308 e. The van der Waals surface area contributed by atoms with Crippen LogP contribution in [0.2, 0.25) is 0 Å². The van der Waals surface area contributed by atoms with Gasteiger partial charge in [0.2, 0.25) is 0 Å². The number of esters is 1. The first-order valence-electron chi connectivity index (χ1n) is 6.34. The molecule has 1 aromatic heterocycles. The number of Topliss-reactive ketones (excluding diaryl/α,β-unsaturated/α-hetero) is 1. The molecule has 1 heterocycles. The molecule has 0 saturated heterocycles. The van der Waals surface area contributed by atoms with Crippen LogP contribution in [-0.2, 0) is 9.53 Å². The molecule has 0 spiro atoms. The van der Waals surface area contributed by atoms with E-state index in [1.807, 2.05) is 18.2 Å². The summed E-state index contributed by atoms with van der Waals surface area (Å²) in [6.07, 6.45) is 0.151. The van der Waals surface area contributed by atoms with Gasteiger partial charge in [-0.25, -0.2) is 0 Å². The van der Waals surface area contributed by atoms with E-state index in [4.69, 9.17) is 4.74 Å². The van der Waals surface area contributed by atoms with Crippen LogP contribution in [0.3, 0.4) is 0 Å². The Morgan fingerprint density at radius 1 is 1.29 bits per heavy atom. The van der Waals surface area contributed by atoms with E-state index in [1.54, 1.807) is 14.0 Å². The van der Waals surface area contributed by atoms with E-state index in [2.05, 4.69) is 20.7 Å². The molecule has 6 heteroatoms. The third-order valence-corrected chi connectivity index (χ3v) is 4.92. The number of carbonyl (C=O) groups is 2. The van der Waals surface area contributed by atoms with Crippen molar-refractivity contribution in [2.45, 2.75) is 13.3 Å². The van der Waals surface area contributed by atoms with Crippen LogP contribution in [0.4, 0.5) is 0 Å². The number of carbonyl (C=O) groups excluding carboxylic acids is 2. The molecule has 0 bridgehead atoms. The molecule has 0 aliphatic heterocycles. The standard InChI is InChI=1S/C15H15BrO4S/c1-8(15(18)20-3)4-11(17)14-6-9-5-12(19-2)10(16)7-13(9)21-14/h5-8H,4H2,1-3H3. The number of fused-ring (bicyclic) bond motifs is 1. The predicted molar refractivity (Wildman–Crippen MR) is 86.2 cm³/mol. The lowest BCUT2D eigenvalue weighted by Crippen LogP contribution is -2.16. The number of thiophene rings is 1. The van der Waals surface area contributed by atoms with Gasteiger partial charge in [0, 0.05) is 11.1 Å². The number of hydrogen-bond donors (Lipinski definition) is 0. The zero-order valence-electron chi connectivity index (χ0n) is 11.9. The van der Waals surface area contributed by atoms with Gasteiger partial charge in [-0.15, -0.1) is 11.3 Å². The first kappa shape index (κ1) is 16.0. The molecule has 0 N–H and O–H groups in total. The van der Waals surface area contributed by atoms with Crippen LogP contribution in [0.5, 0.6) is 5.75 Å². The topological polar surface area (TPSA) is 52.6 Å². The highest BCUT2D eigenvalue weighted by Gasteiger charge is 2.20. The maximum absolute atomic E-state index is 12.2. The molecule has 0 aliphatic rings. The van der Waals surface area contributed by atoms with E-state index in [0.717, 1.165) is 20.3 Å². The summed E-state index contributed by atoms with van der Waals surface area (Å²) in [4.78, 5) is 24.3. The monoisotopic (exact) mass is 370 g/mol. The van der Waals surface area contributed by atoms with Gasteiger partial charge in [0.15, 0.2) is 5.78 Å². The van der Waals surface area contributed by atoms with Crippen molar-refractivity contribution in [1.82, 2.24) is 0 Å². The Bertz CT molecular complexity index is 692. The third kappa shape index (κ3) is 3.44. The lowest BCUT2D eigenvalue weighted by molar-refractivity contribution is -0.144. The number of rotatable bonds is 5. The van der Waals surface area contributed by atoms with Crippen molar-refractivity contribution in [3.05, 3.63) is 27.5 Å². The molecule has 0 fully saturated rings. The van der Waals surface area contributed by atoms with Crippen molar-refractivity contribution >= 4 is 49.1 Å². The van der Waals surface area contributed by atoms with E-state index < -0.39 is 5.92 Å². The molecular weight excluding hydrogens is 356 g/mol. The lowest BCUT2D eigenvalue weighted by atomic mass is 10.0. The van der Waals surface area contributed by atoms with Gasteiger partial charge in [-0.05, 0) is 39.5 Å². The molecule has 1 unspecified atom stereocenters. The minimum Gasteiger partial charge on any atom is -0.496 e. The summed E-state index contributed by atoms with van der Waals surface area (Å²) in [6, 6.07) is 5.65. The predicted octanol–water partition coefficient (Wildman–Crippen LogP) is 4.05. The van der Waals surface area contributed by atoms with Crippen molar-refractivity contribution in [3.8, 4) is 5.75 Å². The number of benzene rings is 1. The Hall–Kier alpha value is -1.40. The van der Waals surface area contributed by atoms with Gasteiger partial charge in [-0.2, -0.15) is 0 Å². The number of halogens is 1. The number of methoxy groups -OCH3 is 2. The fraction of sp³-hybridized carbons (Fsp3) is 0.333. The second-order valence-corrected chi connectivity index (χ2v) is 6.62. The van der Waals surface area contributed by atoms with Crippen LogP contribution in [0.25, 0.3) is 10.1 Å². The minimum atomic E-state index is -0.436. The molecule has 1 aromatic carbocycles. The first-order valence-corrected chi connectivity index (χ1v) is 7.95. The third-order valence-electron chi connectivity index (χ3n) is 3.16. The highest BCUT2D eigenvalue weighted by molar-refractivity contribution is 9.10. The van der Waals surface area contributed by atoms with Crippen LogP contribution in [0.1, 0.15) is 23.0 Å². The molecule has 0 aliphatic carbocycles. The molecule has 112 valence electrons. The molecule has 0 amide bonds. The molecular formula is C15H15BrO4S. The molecule has 21 heavy (non-hydrogen) atoms. The molecule has 2 rings (SSSR count). The molecule has 0 radical (unpaired) electrons. The van der Waals surface area contributed by atoms with Gasteiger partial charge in [0.05, 0.1) is 29.5 Å². The van der Waals surface area contributed by atoms with Crippen LogP contribution in [0.15, 0.2) is 22.7 Å². The second kappa shape index (κ2) is 6.58. The average molecular weight is 371 g/mol. The Balaban J connectivity index is 2.26. The van der Waals surface area contributed by atoms with E-state index in [9.17, 15) is 9.59 Å². The van der Waals surface area contributed by atoms with E-state index in [-0.39, 0.29) is 18.2 Å². The SMILES string of the molecule is COC(=O)C(C)CC(=O)c1cc2cc(OC)c(Br)cc2s1. The second-order valence-electron chi connectivity index (χ2n) is 4.69. The summed E-state index contributed by atoms with van der Waals surface area (Å²) in [6.45, 7) is 1.69. The van der Waals surface area contributed by atoms with Crippen molar-refractivity contribution in [2.75, 3.05) is 14.2 Å². The summed E-state index contributed by atoms with van der Waals surface area (Å²) in [5, 5.41) is 0.953. The number of ketones is 1. The summed E-state index contributed by atoms with van der Waals surface area (Å²) >= 11 is 4.84. The summed E-state index contributed by atoms with van der Waals surface area (Å²) in [7, 11) is 2.93. The summed E-state index contributed by atoms with van der Waals surface area (Å²) < 4.78 is 11.7. The van der Waals surface area contributed by atoms with Crippen LogP contribution in [-0.4, -0.2) is 26.0 Å². The zero-order valence-corrected chi connectivity index (χ0v) is 14.3. The maximum atomic E-state index is 12.2. The Morgan fingerprint density at radius 2 is 2.00 bits per heavy atom. The molecule has 1 atom stereocenters. The number of ether oxygens (including phenoxy) is 2. The quantitative estimate of drug-likeness (QED) is 0.588. The molecule has 2 aromatic rings. The number of hydrogen-bond acceptors (Lipinski definition) is 5. The summed E-state index contributed by atoms with van der Waals surface area (Å²) in [5.41, 5.74) is 0. The van der Waals surface area contributed by atoms with Crippen LogP contribution in [0, 0.1) is 5.92 Å². The average Bonchev–Trinajstić information content (AvgIpc) is 2.87. The highest BCUT2D eigenvalue weighted by Crippen LogP contribution is 2.35. The zero-order chi connectivity index (χ0) is 15.6. The van der Waals surface area contributed by atoms with Gasteiger partial charge in [-0.1, -0.05) is 6.92 Å². The fourth-order valence-corrected chi connectivity index (χ4v) is 3.69.